The summed E-state index contributed by atoms with van der Waals surface area (Å²) in [6.45, 7) is 5.41. The van der Waals surface area contributed by atoms with Crippen LogP contribution in [-0.4, -0.2) is 40.9 Å². The zero-order valence-corrected chi connectivity index (χ0v) is 12.3. The molecule has 0 saturated carbocycles. The molecule has 4 N–H and O–H groups in total. The van der Waals surface area contributed by atoms with E-state index in [1.165, 1.54) is 24.5 Å². The monoisotopic (exact) mass is 324 g/mol. The van der Waals surface area contributed by atoms with Crippen LogP contribution in [0.4, 0.5) is 0 Å². The summed E-state index contributed by atoms with van der Waals surface area (Å²) in [6, 6.07) is 5.08. The van der Waals surface area contributed by atoms with Crippen LogP contribution in [0.5, 0.6) is 5.75 Å². The van der Waals surface area contributed by atoms with Crippen molar-refractivity contribution < 1.29 is 24.6 Å². The summed E-state index contributed by atoms with van der Waals surface area (Å²) in [7, 11) is 0. The van der Waals surface area contributed by atoms with Crippen molar-refractivity contribution in [2.24, 2.45) is 0 Å². The molecule has 1 aromatic carbocycles. The second-order valence-corrected chi connectivity index (χ2v) is 4.62. The maximum absolute atomic E-state index is 12.0. The molecule has 0 bridgehead atoms. The molecule has 7 nitrogen and oxygen atoms in total. The van der Waals surface area contributed by atoms with Gasteiger partial charge in [0.25, 0.3) is 11.8 Å². The molecular formula is C16H24N2O5. The van der Waals surface area contributed by atoms with Crippen molar-refractivity contribution in [1.29, 1.82) is 0 Å². The van der Waals surface area contributed by atoms with Crippen LogP contribution < -0.4 is 15.5 Å². The zero-order valence-electron chi connectivity index (χ0n) is 12.3. The topological polar surface area (TPSA) is 108 Å². The summed E-state index contributed by atoms with van der Waals surface area (Å²) >= 11 is 0. The van der Waals surface area contributed by atoms with E-state index in [0.717, 1.165) is 0 Å². The first-order chi connectivity index (χ1) is 10.5. The van der Waals surface area contributed by atoms with E-state index >= 15 is 0 Å². The Hall–Kier alpha value is -2.38. The smallest absolute Gasteiger partial charge is 0.268 e. The van der Waals surface area contributed by atoms with E-state index in [-0.39, 0.29) is 7.43 Å². The molecule has 7 heteroatoms. The fraction of sp³-hybridized carbons (Fsp3) is 0.375. The first-order valence-corrected chi connectivity index (χ1v) is 6.76. The zero-order chi connectivity index (χ0) is 16.5. The number of hydrogen-bond donors (Lipinski definition) is 4. The quantitative estimate of drug-likeness (QED) is 0.249. The molecule has 0 aromatic heterocycles. The molecule has 1 aromatic rings. The van der Waals surface area contributed by atoms with Gasteiger partial charge in [-0.3, -0.25) is 14.8 Å². The minimum Gasteiger partial charge on any atom is -0.493 e. The van der Waals surface area contributed by atoms with E-state index in [1.54, 1.807) is 18.2 Å². The van der Waals surface area contributed by atoms with Gasteiger partial charge < -0.3 is 15.2 Å². The summed E-state index contributed by atoms with van der Waals surface area (Å²) in [5.74, 6) is -0.835. The Morgan fingerprint density at radius 3 is 2.43 bits per heavy atom. The third-order valence-corrected chi connectivity index (χ3v) is 2.87. The fourth-order valence-electron chi connectivity index (χ4n) is 1.66. The SMILES string of the molecule is C.C=CCCOc1ccc(C(=O)N[C@H](C(=O)NO)[C@@H](C)O)cc1. The van der Waals surface area contributed by atoms with Crippen LogP contribution in [0, 0.1) is 0 Å². The Labute approximate surface area is 135 Å². The number of hydroxylamine groups is 1. The lowest BCUT2D eigenvalue weighted by molar-refractivity contribution is -0.133. The molecule has 2 amide bonds. The van der Waals surface area contributed by atoms with Gasteiger partial charge in [-0.05, 0) is 37.6 Å². The van der Waals surface area contributed by atoms with Gasteiger partial charge in [-0.1, -0.05) is 13.5 Å². The maximum Gasteiger partial charge on any atom is 0.268 e. The minimum atomic E-state index is -1.25. The van der Waals surface area contributed by atoms with Gasteiger partial charge in [-0.25, -0.2) is 5.48 Å². The van der Waals surface area contributed by atoms with Gasteiger partial charge in [0.1, 0.15) is 11.8 Å². The second-order valence-electron chi connectivity index (χ2n) is 4.62. The Bertz CT molecular complexity index is 514. The predicted octanol–water partition coefficient (Wildman–Crippen LogP) is 1.26. The Kier molecular flexibility index (Phi) is 9.29. The minimum absolute atomic E-state index is 0. The Morgan fingerprint density at radius 1 is 1.35 bits per heavy atom. The normalized spacial score (nSPS) is 12.3. The largest absolute Gasteiger partial charge is 0.493 e. The molecule has 0 fully saturated rings. The molecule has 0 saturated heterocycles. The molecule has 0 aliphatic carbocycles. The second kappa shape index (κ2) is 10.4. The molecule has 0 unspecified atom stereocenters. The van der Waals surface area contributed by atoms with E-state index in [2.05, 4.69) is 11.9 Å². The standard InChI is InChI=1S/C15H20N2O5.CH4/c1-3-4-9-22-12-7-5-11(6-8-12)14(19)16-13(10(2)18)15(20)17-21;/h3,5-8,10,13,18,21H,1,4,9H2,2H3,(H,16,19)(H,17,20);1H4/t10-,13+;/m1./s1. The van der Waals surface area contributed by atoms with Crippen molar-refractivity contribution >= 4 is 11.8 Å². The van der Waals surface area contributed by atoms with E-state index in [9.17, 15) is 14.7 Å². The first kappa shape index (κ1) is 20.6. The van der Waals surface area contributed by atoms with Gasteiger partial charge in [-0.2, -0.15) is 0 Å². The molecule has 2 atom stereocenters. The molecule has 0 radical (unpaired) electrons. The van der Waals surface area contributed by atoms with E-state index in [0.29, 0.717) is 24.3 Å². The van der Waals surface area contributed by atoms with Crippen molar-refractivity contribution in [2.45, 2.75) is 32.9 Å². The highest BCUT2D eigenvalue weighted by Gasteiger charge is 2.25. The fourth-order valence-corrected chi connectivity index (χ4v) is 1.66. The van der Waals surface area contributed by atoms with Gasteiger partial charge in [-0.15, -0.1) is 6.58 Å². The molecule has 128 valence electrons. The highest BCUT2D eigenvalue weighted by Crippen LogP contribution is 2.13. The van der Waals surface area contributed by atoms with Crippen molar-refractivity contribution in [1.82, 2.24) is 10.8 Å². The van der Waals surface area contributed by atoms with Crippen LogP contribution in [0.3, 0.4) is 0 Å². The molecule has 0 aliphatic heterocycles. The van der Waals surface area contributed by atoms with E-state index in [1.807, 2.05) is 0 Å². The van der Waals surface area contributed by atoms with Crippen LogP contribution in [0.1, 0.15) is 31.1 Å². The third kappa shape index (κ3) is 6.50. The lowest BCUT2D eigenvalue weighted by Gasteiger charge is -2.19. The molecule has 0 heterocycles. The summed E-state index contributed by atoms with van der Waals surface area (Å²) in [4.78, 5) is 23.4. The van der Waals surface area contributed by atoms with Crippen molar-refractivity contribution in [3.05, 3.63) is 42.5 Å². The molecule has 23 heavy (non-hydrogen) atoms. The lowest BCUT2D eigenvalue weighted by atomic mass is 10.1. The predicted molar refractivity (Wildman–Crippen MR) is 86.3 cm³/mol. The number of aliphatic hydroxyl groups is 1. The Balaban J connectivity index is 0.00000484. The summed E-state index contributed by atoms with van der Waals surface area (Å²) in [5, 5.41) is 20.4. The highest BCUT2D eigenvalue weighted by molar-refractivity contribution is 5.97. The van der Waals surface area contributed by atoms with Crippen LogP contribution in [-0.2, 0) is 4.79 Å². The summed E-state index contributed by atoms with van der Waals surface area (Å²) in [5.41, 5.74) is 1.70. The molecule has 0 spiro atoms. The number of rotatable bonds is 8. The number of ether oxygens (including phenoxy) is 1. The summed E-state index contributed by atoms with van der Waals surface area (Å²) < 4.78 is 5.42. The average Bonchev–Trinajstić information content (AvgIpc) is 2.52. The number of carbonyl (C=O) groups is 2. The number of aliphatic hydroxyl groups excluding tert-OH is 1. The van der Waals surface area contributed by atoms with Gasteiger partial charge in [0.05, 0.1) is 12.7 Å². The first-order valence-electron chi connectivity index (χ1n) is 6.76. The number of carbonyl (C=O) groups excluding carboxylic acids is 2. The third-order valence-electron chi connectivity index (χ3n) is 2.87. The summed E-state index contributed by atoms with van der Waals surface area (Å²) in [6.07, 6.45) is 1.30. The van der Waals surface area contributed by atoms with Crippen LogP contribution in [0.2, 0.25) is 0 Å². The molecule has 1 rings (SSSR count). The number of benzene rings is 1. The molecule has 0 aliphatic rings. The number of nitrogens with one attached hydrogen (secondary N) is 2. The van der Waals surface area contributed by atoms with Gasteiger partial charge in [0.2, 0.25) is 0 Å². The van der Waals surface area contributed by atoms with Gasteiger partial charge >= 0.3 is 0 Å². The van der Waals surface area contributed by atoms with Crippen LogP contribution in [0.15, 0.2) is 36.9 Å². The Morgan fingerprint density at radius 2 is 1.96 bits per heavy atom. The van der Waals surface area contributed by atoms with Gasteiger partial charge in [0.15, 0.2) is 0 Å². The number of hydrogen-bond acceptors (Lipinski definition) is 5. The number of amides is 2. The van der Waals surface area contributed by atoms with Crippen LogP contribution >= 0.6 is 0 Å². The van der Waals surface area contributed by atoms with Crippen molar-refractivity contribution in [3.63, 3.8) is 0 Å². The van der Waals surface area contributed by atoms with E-state index in [4.69, 9.17) is 9.94 Å². The highest BCUT2D eigenvalue weighted by atomic mass is 16.5. The van der Waals surface area contributed by atoms with Crippen molar-refractivity contribution in [3.8, 4) is 5.75 Å². The molecular weight excluding hydrogens is 300 g/mol. The lowest BCUT2D eigenvalue weighted by Crippen LogP contribution is -2.51. The van der Waals surface area contributed by atoms with Crippen molar-refractivity contribution in [2.75, 3.05) is 6.61 Å². The average molecular weight is 324 g/mol. The maximum atomic E-state index is 12.0. The van der Waals surface area contributed by atoms with E-state index < -0.39 is 24.0 Å². The van der Waals surface area contributed by atoms with Crippen LogP contribution in [0.25, 0.3) is 0 Å². The van der Waals surface area contributed by atoms with Gasteiger partial charge in [0, 0.05) is 5.56 Å².